The second-order valence-electron chi connectivity index (χ2n) is 11.6. The fourth-order valence-corrected chi connectivity index (χ4v) is 6.18. The number of ether oxygens (including phenoxy) is 1. The summed E-state index contributed by atoms with van der Waals surface area (Å²) in [4.78, 5) is 31.6. The van der Waals surface area contributed by atoms with Crippen molar-refractivity contribution >= 4 is 28.6 Å². The normalized spacial score (nSPS) is 19.8. The lowest BCUT2D eigenvalue weighted by Gasteiger charge is -2.39. The van der Waals surface area contributed by atoms with Crippen LogP contribution in [0, 0.1) is 18.6 Å². The van der Waals surface area contributed by atoms with Crippen molar-refractivity contribution < 1.29 is 57.5 Å². The van der Waals surface area contributed by atoms with Crippen LogP contribution in [-0.4, -0.2) is 59.7 Å². The molecule has 53 heavy (non-hydrogen) atoms. The highest BCUT2D eigenvalue weighted by molar-refractivity contribution is 7.98. The molecular formula is C41H40F5N3O3S. The molecule has 278 valence electrons. The van der Waals surface area contributed by atoms with Crippen LogP contribution in [0.15, 0.2) is 100 Å². The van der Waals surface area contributed by atoms with Crippen molar-refractivity contribution in [2.45, 2.75) is 55.8 Å². The molecule has 1 fully saturated rings. The quantitative estimate of drug-likeness (QED) is 0.0940. The molecule has 2 heterocycles. The van der Waals surface area contributed by atoms with Crippen molar-refractivity contribution in [3.63, 3.8) is 0 Å². The molecule has 5 aromatic rings. The number of hydrogen-bond donors (Lipinski definition) is 0. The van der Waals surface area contributed by atoms with Gasteiger partial charge in [0.05, 0.1) is 48.8 Å². The second-order valence-corrected chi connectivity index (χ2v) is 12.5. The Morgan fingerprint density at radius 2 is 1.66 bits per heavy atom. The lowest BCUT2D eigenvalue weighted by atomic mass is 10.00. The fourth-order valence-electron chi connectivity index (χ4n) is 5.27. The number of alkyl halides is 3. The number of methoxy groups -OCH3 is 1. The van der Waals surface area contributed by atoms with Crippen LogP contribution in [0.3, 0.4) is 0 Å². The number of carbonyl (C=O) groups is 1. The van der Waals surface area contributed by atoms with Crippen molar-refractivity contribution in [3.05, 3.63) is 135 Å². The zero-order valence-corrected chi connectivity index (χ0v) is 28.7. The zero-order valence-electron chi connectivity index (χ0n) is 46.9. The molecule has 1 saturated heterocycles. The lowest BCUT2D eigenvalue weighted by Crippen LogP contribution is -2.48. The number of thioether (sulfide) groups is 1. The Labute approximate surface area is 335 Å². The third-order valence-corrected chi connectivity index (χ3v) is 8.96. The highest BCUT2D eigenvalue weighted by Gasteiger charge is 2.31. The second kappa shape index (κ2) is 16.7. The van der Waals surface area contributed by atoms with Gasteiger partial charge in [-0.15, -0.1) is 11.8 Å². The van der Waals surface area contributed by atoms with E-state index in [2.05, 4.69) is 0 Å². The van der Waals surface area contributed by atoms with Crippen molar-refractivity contribution in [3.8, 4) is 11.1 Å². The standard InChI is InChI=1S/C41H40F5N3O3S/c1-27-6-15-36-34(22-27)37(50)23-39(53-26-31-4-3-5-35(42)40(31)43)49(36)25-38(51)48(33-16-18-47(19-17-33)20-21-52-2)24-28-7-9-29(10-8-28)30-11-13-32(14-12-30)41(44,45)46/h3-15,22-23,33H,16-21,24-26H2,1-2H3/i3D,4D,5D,6D,7D,8D,9D,10D,11D,12D,13D,14D,15D,22D,23D,24D2,25D2. The van der Waals surface area contributed by atoms with Gasteiger partial charge in [0, 0.05) is 62.0 Å². The maximum absolute atomic E-state index is 15.5. The van der Waals surface area contributed by atoms with Gasteiger partial charge in [-0.25, -0.2) is 8.78 Å². The largest absolute Gasteiger partial charge is 0.416 e. The smallest absolute Gasteiger partial charge is 0.383 e. The molecule has 4 aromatic carbocycles. The van der Waals surface area contributed by atoms with Gasteiger partial charge in [-0.3, -0.25) is 9.59 Å². The molecule has 6 rings (SSSR count). The zero-order chi connectivity index (χ0) is 54.3. The van der Waals surface area contributed by atoms with Crippen LogP contribution in [0.25, 0.3) is 22.0 Å². The SMILES string of the molecule is [2H]c1c([2H])c(F)c(F)c(CSc2c([2H])c(=O)c3c([2H])c(C)c([2H])c([2H])c3n2C([2H])([2H])C(=O)N(C2CCN(CCOC)CC2)C([2H])([2H])c2c([2H])c([2H])c(-c3c([2H])c([2H])c(C(F)(F)F)c([2H])c3[2H])c([2H])c2[2H])c1[2H]. The van der Waals surface area contributed by atoms with Crippen LogP contribution in [0.2, 0.25) is 0 Å². The number of hydrogen-bond acceptors (Lipinski definition) is 5. The molecule has 0 N–H and O–H groups in total. The molecule has 0 saturated carbocycles. The number of pyridine rings is 1. The molecular weight excluding hydrogens is 710 g/mol. The summed E-state index contributed by atoms with van der Waals surface area (Å²) in [6.45, 7) is -5.88. The van der Waals surface area contributed by atoms with Gasteiger partial charge in [-0.1, -0.05) is 59.9 Å². The molecule has 0 aliphatic carbocycles. The number of piperidine rings is 1. The van der Waals surface area contributed by atoms with Gasteiger partial charge in [0.2, 0.25) is 5.91 Å². The van der Waals surface area contributed by atoms with Crippen LogP contribution >= 0.6 is 11.8 Å². The summed E-state index contributed by atoms with van der Waals surface area (Å²) in [6.07, 6.45) is -5.86. The number of amides is 1. The minimum absolute atomic E-state index is 0.0498. The average Bonchev–Trinajstić information content (AvgIpc) is 3.31. The van der Waals surface area contributed by atoms with Gasteiger partial charge in [0.1, 0.15) is 6.50 Å². The molecule has 6 nitrogen and oxygen atoms in total. The number of halogens is 5. The topological polar surface area (TPSA) is 54.8 Å². The first kappa shape index (κ1) is 20.8. The first-order valence-electron chi connectivity index (χ1n) is 25.3. The predicted octanol–water partition coefficient (Wildman–Crippen LogP) is 8.71. The third-order valence-electron chi connectivity index (χ3n) is 7.96. The molecule has 12 heteroatoms. The summed E-state index contributed by atoms with van der Waals surface area (Å²) in [5.74, 6) is -6.69. The maximum atomic E-state index is 15.5. The molecule has 0 unspecified atom stereocenters. The lowest BCUT2D eigenvalue weighted by molar-refractivity contribution is -0.137. The van der Waals surface area contributed by atoms with Crippen LogP contribution in [-0.2, 0) is 34.5 Å². The first-order valence-corrected chi connectivity index (χ1v) is 16.8. The van der Waals surface area contributed by atoms with E-state index in [1.165, 1.54) is 7.11 Å². The minimum atomic E-state index is -5.42. The van der Waals surface area contributed by atoms with E-state index in [1.807, 2.05) is 4.90 Å². The summed E-state index contributed by atoms with van der Waals surface area (Å²) in [6, 6.07) is -20.3. The van der Waals surface area contributed by atoms with Crippen LogP contribution < -0.4 is 5.43 Å². The highest BCUT2D eigenvalue weighted by Crippen LogP contribution is 2.32. The molecule has 1 amide bonds. The predicted molar refractivity (Wildman–Crippen MR) is 198 cm³/mol. The van der Waals surface area contributed by atoms with Gasteiger partial charge >= 0.3 is 6.18 Å². The average molecular weight is 769 g/mol. The summed E-state index contributed by atoms with van der Waals surface area (Å²) in [5.41, 5.74) is -9.18. The van der Waals surface area contributed by atoms with Crippen LogP contribution in [0.1, 0.15) is 61.1 Å². The van der Waals surface area contributed by atoms with E-state index in [4.69, 9.17) is 25.3 Å². The highest BCUT2D eigenvalue weighted by atomic mass is 32.2. The van der Waals surface area contributed by atoms with E-state index in [0.29, 0.717) is 6.54 Å². The number of fused-ring (bicyclic) bond motifs is 1. The van der Waals surface area contributed by atoms with E-state index in [1.54, 1.807) is 0 Å². The van der Waals surface area contributed by atoms with Gasteiger partial charge < -0.3 is 19.1 Å². The van der Waals surface area contributed by atoms with Gasteiger partial charge in [-0.2, -0.15) is 13.2 Å². The van der Waals surface area contributed by atoms with E-state index >= 15 is 9.18 Å². The Balaban J connectivity index is 1.65. The molecule has 0 radical (unpaired) electrons. The number of rotatable bonds is 12. The Bertz CT molecular complexity index is 3070. The van der Waals surface area contributed by atoms with Crippen molar-refractivity contribution in [1.29, 1.82) is 0 Å². The summed E-state index contributed by atoms with van der Waals surface area (Å²) in [5, 5.41) is -1.89. The number of likely N-dealkylation sites (tertiary alicyclic amines) is 1. The van der Waals surface area contributed by atoms with Gasteiger partial charge in [0.15, 0.2) is 17.1 Å². The summed E-state index contributed by atoms with van der Waals surface area (Å²) >= 11 is 0.0961. The van der Waals surface area contributed by atoms with Crippen molar-refractivity contribution in [2.24, 2.45) is 0 Å². The fraction of sp³-hybridized carbons (Fsp3) is 0.317. The Morgan fingerprint density at radius 1 is 0.981 bits per heavy atom. The van der Waals surface area contributed by atoms with Gasteiger partial charge in [-0.05, 0) is 66.7 Å². The number of benzene rings is 4. The van der Waals surface area contributed by atoms with E-state index < -0.39 is 188 Å². The maximum Gasteiger partial charge on any atom is 0.416 e. The third kappa shape index (κ3) is 9.17. The van der Waals surface area contributed by atoms with Gasteiger partial charge in [0.25, 0.3) is 0 Å². The molecule has 0 atom stereocenters. The van der Waals surface area contributed by atoms with E-state index in [0.717, 1.165) is 6.92 Å². The monoisotopic (exact) mass is 768 g/mol. The Hall–Kier alpha value is -4.52. The first-order chi connectivity index (χ1) is 33.2. The Kier molecular flexibility index (Phi) is 6.54. The number of nitrogens with zero attached hydrogens (tertiary/aromatic N) is 3. The van der Waals surface area contributed by atoms with Crippen molar-refractivity contribution in [2.75, 3.05) is 33.4 Å². The molecule has 0 bridgehead atoms. The number of aromatic nitrogens is 1. The molecule has 1 aliphatic heterocycles. The molecule has 1 aromatic heterocycles. The summed E-state index contributed by atoms with van der Waals surface area (Å²) in [7, 11) is 1.42. The minimum Gasteiger partial charge on any atom is -0.383 e. The van der Waals surface area contributed by atoms with E-state index in [9.17, 15) is 27.8 Å². The Morgan fingerprint density at radius 3 is 2.32 bits per heavy atom. The van der Waals surface area contributed by atoms with Crippen LogP contribution in [0.5, 0.6) is 0 Å². The van der Waals surface area contributed by atoms with Crippen LogP contribution in [0.4, 0.5) is 22.0 Å². The van der Waals surface area contributed by atoms with E-state index in [-0.39, 0.29) is 59.3 Å². The van der Waals surface area contributed by atoms with Crippen molar-refractivity contribution in [1.82, 2.24) is 14.4 Å². The molecule has 0 spiro atoms. The molecule has 1 aliphatic rings. The number of carbonyl (C=O) groups excluding carboxylic acids is 1. The summed E-state index contributed by atoms with van der Waals surface area (Å²) < 4.78 is 243.